The summed E-state index contributed by atoms with van der Waals surface area (Å²) in [6.45, 7) is 2.13. The average Bonchev–Trinajstić information content (AvgIpc) is 3.42. The van der Waals surface area contributed by atoms with Crippen LogP contribution in [0.1, 0.15) is 48.5 Å². The number of nitrogens with one attached hydrogen (secondary N) is 1. The number of benzene rings is 1. The Bertz CT molecular complexity index is 1110. The second kappa shape index (κ2) is 8.93. The van der Waals surface area contributed by atoms with Crippen molar-refractivity contribution >= 4 is 16.1 Å². The largest absolute Gasteiger partial charge is 0.260 e. The summed E-state index contributed by atoms with van der Waals surface area (Å²) in [6.07, 6.45) is 7.92. The van der Waals surface area contributed by atoms with Gasteiger partial charge in [-0.3, -0.25) is 9.67 Å². The lowest BCUT2D eigenvalue weighted by Crippen LogP contribution is -2.21. The maximum atomic E-state index is 12.4. The zero-order valence-electron chi connectivity index (χ0n) is 17.0. The first-order chi connectivity index (χ1) is 14.5. The second-order valence-electron chi connectivity index (χ2n) is 7.70. The Labute approximate surface area is 177 Å². The molecule has 0 amide bonds. The van der Waals surface area contributed by atoms with Crippen LogP contribution in [0.2, 0.25) is 0 Å². The van der Waals surface area contributed by atoms with Crippen molar-refractivity contribution < 1.29 is 8.42 Å². The van der Waals surface area contributed by atoms with Gasteiger partial charge in [-0.05, 0) is 49.6 Å². The summed E-state index contributed by atoms with van der Waals surface area (Å²) in [5.41, 5.74) is 4.45. The molecule has 0 saturated heterocycles. The zero-order chi connectivity index (χ0) is 21.0. The van der Waals surface area contributed by atoms with Gasteiger partial charge in [0.25, 0.3) is 0 Å². The highest BCUT2D eigenvalue weighted by atomic mass is 32.2. The number of hydrogen-bond donors (Lipinski definition) is 1. The highest BCUT2D eigenvalue weighted by Gasteiger charge is 2.22. The van der Waals surface area contributed by atoms with Gasteiger partial charge in [0.1, 0.15) is 0 Å². The minimum atomic E-state index is -3.57. The first-order valence-corrected chi connectivity index (χ1v) is 11.8. The van der Waals surface area contributed by atoms with Crippen LogP contribution in [-0.4, -0.2) is 23.2 Å². The van der Waals surface area contributed by atoms with Crippen LogP contribution in [0.25, 0.3) is 17.5 Å². The van der Waals surface area contributed by atoms with Crippen molar-refractivity contribution in [2.24, 2.45) is 0 Å². The molecule has 0 atom stereocenters. The van der Waals surface area contributed by atoms with E-state index in [0.29, 0.717) is 11.7 Å². The van der Waals surface area contributed by atoms with E-state index in [1.807, 2.05) is 60.1 Å². The molecule has 0 aliphatic heterocycles. The standard InChI is InChI=1S/C23H26N4O2S/c1-18-9-11-19(12-10-18)13-15-30(28,29)25-17-20-16-23(22-8-4-5-14-24-22)27(26-20)21-6-2-3-7-21/h4-5,8-16,21,25H,2-3,6-7,17H2,1H3. The van der Waals surface area contributed by atoms with Gasteiger partial charge in [-0.2, -0.15) is 5.10 Å². The van der Waals surface area contributed by atoms with E-state index in [1.54, 1.807) is 12.3 Å². The van der Waals surface area contributed by atoms with Crippen molar-refractivity contribution in [2.75, 3.05) is 0 Å². The minimum Gasteiger partial charge on any atom is -0.260 e. The highest BCUT2D eigenvalue weighted by molar-refractivity contribution is 7.92. The van der Waals surface area contributed by atoms with Crippen molar-refractivity contribution in [3.63, 3.8) is 0 Å². The van der Waals surface area contributed by atoms with Gasteiger partial charge in [-0.1, -0.05) is 48.7 Å². The van der Waals surface area contributed by atoms with Gasteiger partial charge in [0, 0.05) is 11.6 Å². The third kappa shape index (κ3) is 5.04. The molecule has 4 rings (SSSR count). The Kier molecular flexibility index (Phi) is 6.11. The number of sulfonamides is 1. The molecule has 0 spiro atoms. The van der Waals surface area contributed by atoms with Gasteiger partial charge in [-0.15, -0.1) is 0 Å². The maximum absolute atomic E-state index is 12.4. The van der Waals surface area contributed by atoms with E-state index in [-0.39, 0.29) is 6.54 Å². The molecule has 6 nitrogen and oxygen atoms in total. The predicted molar refractivity (Wildman–Crippen MR) is 119 cm³/mol. The highest BCUT2D eigenvalue weighted by Crippen LogP contribution is 2.33. The summed E-state index contributed by atoms with van der Waals surface area (Å²) in [5.74, 6) is 0. The Hall–Kier alpha value is -2.77. The van der Waals surface area contributed by atoms with Gasteiger partial charge in [-0.25, -0.2) is 13.1 Å². The van der Waals surface area contributed by atoms with E-state index in [9.17, 15) is 8.42 Å². The molecule has 1 aromatic carbocycles. The molecule has 0 unspecified atom stereocenters. The van der Waals surface area contributed by atoms with Gasteiger partial charge >= 0.3 is 0 Å². The fourth-order valence-corrected chi connectivity index (χ4v) is 4.51. The summed E-state index contributed by atoms with van der Waals surface area (Å²) < 4.78 is 29.5. The maximum Gasteiger partial charge on any atom is 0.234 e. The molecule has 156 valence electrons. The van der Waals surface area contributed by atoms with Gasteiger partial charge in [0.05, 0.1) is 29.7 Å². The molecule has 3 aromatic rings. The van der Waals surface area contributed by atoms with Crippen molar-refractivity contribution in [3.8, 4) is 11.4 Å². The lowest BCUT2D eigenvalue weighted by atomic mass is 10.2. The summed E-state index contributed by atoms with van der Waals surface area (Å²) in [6, 6.07) is 15.8. The molecule has 0 radical (unpaired) electrons. The fraction of sp³-hybridized carbons (Fsp3) is 0.304. The molecule has 30 heavy (non-hydrogen) atoms. The lowest BCUT2D eigenvalue weighted by Gasteiger charge is -2.13. The van der Waals surface area contributed by atoms with Crippen LogP contribution < -0.4 is 4.72 Å². The number of aromatic nitrogens is 3. The lowest BCUT2D eigenvalue weighted by molar-refractivity contribution is 0.466. The van der Waals surface area contributed by atoms with Crippen molar-refractivity contribution in [1.29, 1.82) is 0 Å². The summed E-state index contributed by atoms with van der Waals surface area (Å²) in [5, 5.41) is 5.92. The second-order valence-corrected chi connectivity index (χ2v) is 9.35. The summed E-state index contributed by atoms with van der Waals surface area (Å²) in [7, 11) is -3.57. The first-order valence-electron chi connectivity index (χ1n) is 10.2. The molecular formula is C23H26N4O2S. The molecular weight excluding hydrogens is 396 g/mol. The Balaban J connectivity index is 1.50. The van der Waals surface area contributed by atoms with Crippen LogP contribution in [0.4, 0.5) is 0 Å². The Morgan fingerprint density at radius 1 is 1.13 bits per heavy atom. The smallest absolute Gasteiger partial charge is 0.234 e. The van der Waals surface area contributed by atoms with Crippen LogP contribution in [0, 0.1) is 6.92 Å². The molecule has 1 fully saturated rings. The van der Waals surface area contributed by atoms with E-state index in [2.05, 4.69) is 9.71 Å². The van der Waals surface area contributed by atoms with Crippen LogP contribution in [0.15, 0.2) is 60.1 Å². The van der Waals surface area contributed by atoms with Crippen LogP contribution >= 0.6 is 0 Å². The van der Waals surface area contributed by atoms with Crippen molar-refractivity contribution in [3.05, 3.63) is 77.0 Å². The molecule has 2 heterocycles. The monoisotopic (exact) mass is 422 g/mol. The van der Waals surface area contributed by atoms with Gasteiger partial charge < -0.3 is 0 Å². The Morgan fingerprint density at radius 3 is 2.60 bits per heavy atom. The van der Waals surface area contributed by atoms with Crippen molar-refractivity contribution in [1.82, 2.24) is 19.5 Å². The molecule has 1 saturated carbocycles. The first kappa shape index (κ1) is 20.5. The third-order valence-corrected chi connectivity index (χ3v) is 6.40. The SMILES string of the molecule is Cc1ccc(C=CS(=O)(=O)NCc2cc(-c3ccccn3)n(C3CCCC3)n2)cc1. The minimum absolute atomic E-state index is 0.139. The Morgan fingerprint density at radius 2 is 1.90 bits per heavy atom. The van der Waals surface area contributed by atoms with E-state index >= 15 is 0 Å². The van der Waals surface area contributed by atoms with Crippen LogP contribution in [0.3, 0.4) is 0 Å². The molecule has 1 aliphatic rings. The fourth-order valence-electron chi connectivity index (χ4n) is 3.73. The average molecular weight is 423 g/mol. The number of aryl methyl sites for hydroxylation is 1. The van der Waals surface area contributed by atoms with E-state index < -0.39 is 10.0 Å². The third-order valence-electron chi connectivity index (χ3n) is 5.36. The molecule has 2 aromatic heterocycles. The summed E-state index contributed by atoms with van der Waals surface area (Å²) in [4.78, 5) is 4.46. The normalized spacial score (nSPS) is 15.2. The van der Waals surface area contributed by atoms with Crippen LogP contribution in [-0.2, 0) is 16.6 Å². The molecule has 0 bridgehead atoms. The van der Waals surface area contributed by atoms with Gasteiger partial charge in [0.2, 0.25) is 10.0 Å². The summed E-state index contributed by atoms with van der Waals surface area (Å²) >= 11 is 0. The molecule has 1 N–H and O–H groups in total. The van der Waals surface area contributed by atoms with E-state index in [0.717, 1.165) is 35.4 Å². The van der Waals surface area contributed by atoms with E-state index in [1.165, 1.54) is 18.2 Å². The van der Waals surface area contributed by atoms with Crippen molar-refractivity contribution in [2.45, 2.75) is 45.2 Å². The molecule has 1 aliphatic carbocycles. The zero-order valence-corrected chi connectivity index (χ0v) is 17.8. The van der Waals surface area contributed by atoms with Crippen LogP contribution in [0.5, 0.6) is 0 Å². The molecule has 7 heteroatoms. The number of nitrogens with zero attached hydrogens (tertiary/aromatic N) is 3. The topological polar surface area (TPSA) is 76.9 Å². The van der Waals surface area contributed by atoms with E-state index in [4.69, 9.17) is 5.10 Å². The quantitative estimate of drug-likeness (QED) is 0.610. The van der Waals surface area contributed by atoms with Gasteiger partial charge in [0.15, 0.2) is 0 Å². The number of hydrogen-bond acceptors (Lipinski definition) is 4. The number of rotatable bonds is 7. The number of pyridine rings is 1. The predicted octanol–water partition coefficient (Wildman–Crippen LogP) is 4.46.